The number of allylic oxidation sites excluding steroid dienone is 6. The fourth-order valence-corrected chi connectivity index (χ4v) is 1.89. The van der Waals surface area contributed by atoms with Crippen molar-refractivity contribution in [3.8, 4) is 0 Å². The van der Waals surface area contributed by atoms with Crippen LogP contribution in [0.4, 0.5) is 0 Å². The predicted octanol–water partition coefficient (Wildman–Crippen LogP) is 3.24. The summed E-state index contributed by atoms with van der Waals surface area (Å²) in [4.78, 5) is 0. The minimum atomic E-state index is 1.04. The first-order valence-electron chi connectivity index (χ1n) is 4.86. The Labute approximate surface area is 83.4 Å². The van der Waals surface area contributed by atoms with Crippen LogP contribution in [0.15, 0.2) is 53.8 Å². The largest absolute Gasteiger partial charge is 0.324 e. The highest BCUT2D eigenvalue weighted by molar-refractivity contribution is 5.65. The van der Waals surface area contributed by atoms with E-state index in [9.17, 15) is 0 Å². The van der Waals surface area contributed by atoms with Crippen molar-refractivity contribution in [2.24, 2.45) is 0 Å². The number of nitrogens with zero attached hydrogens (tertiary/aromatic N) is 1. The third kappa shape index (κ3) is 1.10. The van der Waals surface area contributed by atoms with E-state index in [1.54, 1.807) is 0 Å². The van der Waals surface area contributed by atoms with E-state index < -0.39 is 0 Å². The lowest BCUT2D eigenvalue weighted by Crippen LogP contribution is -1.91. The van der Waals surface area contributed by atoms with Crippen molar-refractivity contribution in [1.82, 2.24) is 4.57 Å². The van der Waals surface area contributed by atoms with Gasteiger partial charge in [-0.3, -0.25) is 0 Å². The molecule has 1 aliphatic carbocycles. The fourth-order valence-electron chi connectivity index (χ4n) is 1.89. The first-order valence-corrected chi connectivity index (χ1v) is 4.86. The van der Waals surface area contributed by atoms with Gasteiger partial charge < -0.3 is 4.57 Å². The molecule has 0 radical (unpaired) electrons. The molecule has 0 unspecified atom stereocenters. The maximum atomic E-state index is 2.21. The molecular formula is C13H11N. The second-order valence-electron chi connectivity index (χ2n) is 3.58. The summed E-state index contributed by atoms with van der Waals surface area (Å²) in [6.45, 7) is 0. The highest BCUT2D eigenvalue weighted by Crippen LogP contribution is 2.25. The van der Waals surface area contributed by atoms with E-state index in [0.717, 1.165) is 6.42 Å². The number of fused-ring (bicyclic) bond motifs is 2. The van der Waals surface area contributed by atoms with Gasteiger partial charge in [0, 0.05) is 18.1 Å². The van der Waals surface area contributed by atoms with Crippen LogP contribution in [0, 0.1) is 0 Å². The van der Waals surface area contributed by atoms with E-state index in [4.69, 9.17) is 0 Å². The maximum absolute atomic E-state index is 2.21. The van der Waals surface area contributed by atoms with Crippen molar-refractivity contribution in [2.45, 2.75) is 6.42 Å². The Hall–Kier alpha value is -1.76. The van der Waals surface area contributed by atoms with Crippen molar-refractivity contribution in [2.75, 3.05) is 0 Å². The van der Waals surface area contributed by atoms with Gasteiger partial charge in [0.25, 0.3) is 0 Å². The molecule has 0 amide bonds. The van der Waals surface area contributed by atoms with Gasteiger partial charge in [-0.25, -0.2) is 0 Å². The van der Waals surface area contributed by atoms with E-state index in [0.29, 0.717) is 0 Å². The molecule has 0 spiro atoms. The summed E-state index contributed by atoms with van der Waals surface area (Å²) in [7, 11) is 0. The van der Waals surface area contributed by atoms with Crippen LogP contribution < -0.4 is 0 Å². The van der Waals surface area contributed by atoms with Crippen LogP contribution in [0.1, 0.15) is 12.1 Å². The van der Waals surface area contributed by atoms with E-state index in [2.05, 4.69) is 59.5 Å². The van der Waals surface area contributed by atoms with Crippen molar-refractivity contribution >= 4 is 12.3 Å². The molecule has 0 atom stereocenters. The summed E-state index contributed by atoms with van der Waals surface area (Å²) in [6, 6.07) is 4.20. The van der Waals surface area contributed by atoms with Gasteiger partial charge >= 0.3 is 0 Å². The molecule has 0 saturated carbocycles. The predicted molar refractivity (Wildman–Crippen MR) is 59.6 cm³/mol. The Kier molecular flexibility index (Phi) is 1.57. The molecule has 0 bridgehead atoms. The smallest absolute Gasteiger partial charge is 0.0450 e. The average molecular weight is 181 g/mol. The Balaban J connectivity index is 2.19. The molecule has 68 valence electrons. The molecule has 2 heterocycles. The van der Waals surface area contributed by atoms with Crippen LogP contribution in [0.3, 0.4) is 0 Å². The highest BCUT2D eigenvalue weighted by Gasteiger charge is 2.08. The molecule has 1 aromatic rings. The molecule has 0 fully saturated rings. The van der Waals surface area contributed by atoms with Crippen molar-refractivity contribution in [1.29, 1.82) is 0 Å². The van der Waals surface area contributed by atoms with Crippen LogP contribution in [0.5, 0.6) is 0 Å². The normalized spacial score (nSPS) is 18.0. The number of aromatic nitrogens is 1. The fraction of sp³-hybridized carbons (Fsp3) is 0.0769. The second kappa shape index (κ2) is 2.88. The average Bonchev–Trinajstić information content (AvgIpc) is 2.58. The Morgan fingerprint density at radius 2 is 2.21 bits per heavy atom. The zero-order valence-corrected chi connectivity index (χ0v) is 7.85. The van der Waals surface area contributed by atoms with Crippen molar-refractivity contribution in [3.63, 3.8) is 0 Å². The molecule has 1 aliphatic heterocycles. The molecule has 1 heteroatoms. The topological polar surface area (TPSA) is 4.93 Å². The van der Waals surface area contributed by atoms with Crippen LogP contribution in [-0.2, 0) is 0 Å². The van der Waals surface area contributed by atoms with E-state index in [-0.39, 0.29) is 0 Å². The van der Waals surface area contributed by atoms with Gasteiger partial charge in [-0.05, 0) is 35.8 Å². The summed E-state index contributed by atoms with van der Waals surface area (Å²) in [5.74, 6) is 0. The first kappa shape index (κ1) is 7.63. The van der Waals surface area contributed by atoms with Gasteiger partial charge in [0.2, 0.25) is 0 Å². The SMILES string of the molecule is C1=CCC2=Cn3cccc3C=CC2=C1. The van der Waals surface area contributed by atoms with Gasteiger partial charge in [0.05, 0.1) is 0 Å². The Bertz CT molecular complexity index is 481. The lowest BCUT2D eigenvalue weighted by molar-refractivity contribution is 1.12. The highest BCUT2D eigenvalue weighted by atomic mass is 14.9. The van der Waals surface area contributed by atoms with Crippen LogP contribution in [-0.4, -0.2) is 4.57 Å². The number of hydrogen-bond acceptors (Lipinski definition) is 0. The van der Waals surface area contributed by atoms with E-state index in [1.165, 1.54) is 16.8 Å². The second-order valence-corrected chi connectivity index (χ2v) is 3.58. The van der Waals surface area contributed by atoms with Gasteiger partial charge in [-0.1, -0.05) is 24.3 Å². The van der Waals surface area contributed by atoms with Gasteiger partial charge in [-0.15, -0.1) is 0 Å². The number of hydrogen-bond donors (Lipinski definition) is 0. The molecule has 0 aromatic carbocycles. The summed E-state index contributed by atoms with van der Waals surface area (Å²) in [5, 5.41) is 0. The summed E-state index contributed by atoms with van der Waals surface area (Å²) in [6.07, 6.45) is 16.2. The van der Waals surface area contributed by atoms with Gasteiger partial charge in [0.1, 0.15) is 0 Å². The molecule has 3 rings (SSSR count). The Morgan fingerprint density at radius 1 is 1.21 bits per heavy atom. The van der Waals surface area contributed by atoms with Crippen LogP contribution >= 0.6 is 0 Å². The van der Waals surface area contributed by atoms with Crippen LogP contribution in [0.2, 0.25) is 0 Å². The minimum absolute atomic E-state index is 1.04. The molecular weight excluding hydrogens is 170 g/mol. The third-order valence-corrected chi connectivity index (χ3v) is 2.66. The quantitative estimate of drug-likeness (QED) is 0.579. The Morgan fingerprint density at radius 3 is 3.21 bits per heavy atom. The van der Waals surface area contributed by atoms with Crippen molar-refractivity contribution < 1.29 is 0 Å². The van der Waals surface area contributed by atoms with Crippen LogP contribution in [0.25, 0.3) is 12.3 Å². The monoisotopic (exact) mass is 181 g/mol. The lowest BCUT2D eigenvalue weighted by atomic mass is 9.99. The molecule has 0 saturated heterocycles. The maximum Gasteiger partial charge on any atom is 0.0450 e. The minimum Gasteiger partial charge on any atom is -0.324 e. The zero-order valence-electron chi connectivity index (χ0n) is 7.85. The van der Waals surface area contributed by atoms with E-state index >= 15 is 0 Å². The lowest BCUT2D eigenvalue weighted by Gasteiger charge is -2.08. The third-order valence-electron chi connectivity index (χ3n) is 2.66. The molecule has 1 aromatic heterocycles. The summed E-state index contributed by atoms with van der Waals surface area (Å²) in [5.41, 5.74) is 3.96. The number of rotatable bonds is 0. The molecule has 1 nitrogen and oxygen atoms in total. The molecule has 0 N–H and O–H groups in total. The standard InChI is InChI=1S/C13H11N/c1-2-5-12-10-14-9-3-6-13(14)8-7-11(12)4-1/h1-4,6-10H,5H2. The summed E-state index contributed by atoms with van der Waals surface area (Å²) >= 11 is 0. The van der Waals surface area contributed by atoms with E-state index in [1.807, 2.05) is 0 Å². The summed E-state index contributed by atoms with van der Waals surface area (Å²) < 4.78 is 2.17. The molecule has 14 heavy (non-hydrogen) atoms. The zero-order chi connectivity index (χ0) is 9.38. The van der Waals surface area contributed by atoms with Crippen molar-refractivity contribution in [3.05, 3.63) is 59.5 Å². The van der Waals surface area contributed by atoms with Gasteiger partial charge in [-0.2, -0.15) is 0 Å². The first-order chi connectivity index (χ1) is 6.93. The molecule has 2 aliphatic rings. The van der Waals surface area contributed by atoms with Gasteiger partial charge in [0.15, 0.2) is 0 Å².